The number of amides is 2. The molecule has 2 rings (SSSR count). The lowest BCUT2D eigenvalue weighted by molar-refractivity contribution is -0.121. The highest BCUT2D eigenvalue weighted by Crippen LogP contribution is 2.09. The smallest absolute Gasteiger partial charge is 0.251 e. The molecule has 0 aromatic heterocycles. The monoisotopic (exact) mass is 330 g/mol. The highest BCUT2D eigenvalue weighted by Gasteiger charge is 2.05. The van der Waals surface area contributed by atoms with E-state index < -0.39 is 0 Å². The van der Waals surface area contributed by atoms with Gasteiger partial charge in [-0.15, -0.1) is 0 Å². The van der Waals surface area contributed by atoms with E-state index in [1.54, 1.807) is 24.3 Å². The third kappa shape index (κ3) is 6.12. The first-order valence-electron chi connectivity index (χ1n) is 7.49. The largest absolute Gasteiger partial charge is 0.352 e. The van der Waals surface area contributed by atoms with Crippen molar-refractivity contribution in [3.8, 4) is 0 Å². The first-order chi connectivity index (χ1) is 11.1. The van der Waals surface area contributed by atoms with Gasteiger partial charge in [-0.3, -0.25) is 9.59 Å². The molecule has 0 spiro atoms. The van der Waals surface area contributed by atoms with Crippen molar-refractivity contribution >= 4 is 23.4 Å². The van der Waals surface area contributed by atoms with E-state index in [9.17, 15) is 9.59 Å². The van der Waals surface area contributed by atoms with Crippen molar-refractivity contribution in [2.45, 2.75) is 19.4 Å². The minimum Gasteiger partial charge on any atom is -0.352 e. The fourth-order valence-electron chi connectivity index (χ4n) is 2.04. The molecular weight excluding hydrogens is 312 g/mol. The van der Waals surface area contributed by atoms with E-state index in [0.29, 0.717) is 36.5 Å². The van der Waals surface area contributed by atoms with Crippen LogP contribution in [0.5, 0.6) is 0 Å². The number of halogens is 1. The van der Waals surface area contributed by atoms with E-state index in [4.69, 9.17) is 11.6 Å². The van der Waals surface area contributed by atoms with Gasteiger partial charge >= 0.3 is 0 Å². The molecule has 2 N–H and O–H groups in total. The molecule has 0 aliphatic heterocycles. The van der Waals surface area contributed by atoms with E-state index in [0.717, 1.165) is 5.56 Å². The van der Waals surface area contributed by atoms with Crippen LogP contribution in [-0.4, -0.2) is 18.4 Å². The Morgan fingerprint density at radius 2 is 1.61 bits per heavy atom. The van der Waals surface area contributed by atoms with Crippen molar-refractivity contribution in [2.75, 3.05) is 6.54 Å². The van der Waals surface area contributed by atoms with Gasteiger partial charge in [0, 0.05) is 30.1 Å². The van der Waals surface area contributed by atoms with Crippen molar-refractivity contribution in [2.24, 2.45) is 0 Å². The average molecular weight is 331 g/mol. The van der Waals surface area contributed by atoms with Crippen LogP contribution >= 0.6 is 11.6 Å². The number of benzene rings is 2. The molecular formula is C18H19ClN2O2. The van der Waals surface area contributed by atoms with Crippen LogP contribution in [0.2, 0.25) is 5.02 Å². The summed E-state index contributed by atoms with van der Waals surface area (Å²) in [6.07, 6.45) is 0.980. The van der Waals surface area contributed by atoms with Crippen LogP contribution in [0.25, 0.3) is 0 Å². The van der Waals surface area contributed by atoms with E-state index >= 15 is 0 Å². The van der Waals surface area contributed by atoms with Gasteiger partial charge in [0.15, 0.2) is 0 Å². The summed E-state index contributed by atoms with van der Waals surface area (Å²) in [6.45, 7) is 0.983. The van der Waals surface area contributed by atoms with Crippen LogP contribution in [0, 0.1) is 0 Å². The minimum atomic E-state index is -0.161. The lowest BCUT2D eigenvalue weighted by Gasteiger charge is -2.07. The summed E-state index contributed by atoms with van der Waals surface area (Å²) >= 11 is 5.78. The second-order valence-corrected chi connectivity index (χ2v) is 5.57. The van der Waals surface area contributed by atoms with Crippen LogP contribution < -0.4 is 10.6 Å². The zero-order chi connectivity index (χ0) is 16.5. The molecule has 0 aliphatic carbocycles. The first-order valence-corrected chi connectivity index (χ1v) is 7.87. The quantitative estimate of drug-likeness (QED) is 0.766. The van der Waals surface area contributed by atoms with E-state index in [1.165, 1.54) is 0 Å². The van der Waals surface area contributed by atoms with Crippen LogP contribution in [0.15, 0.2) is 54.6 Å². The summed E-state index contributed by atoms with van der Waals surface area (Å²) in [5.74, 6) is -0.180. The summed E-state index contributed by atoms with van der Waals surface area (Å²) in [7, 11) is 0. The number of nitrogens with one attached hydrogen (secondary N) is 2. The van der Waals surface area contributed by atoms with Crippen molar-refractivity contribution in [3.05, 3.63) is 70.7 Å². The Hall–Kier alpha value is -2.33. The maximum Gasteiger partial charge on any atom is 0.251 e. The molecule has 23 heavy (non-hydrogen) atoms. The van der Waals surface area contributed by atoms with Gasteiger partial charge in [0.2, 0.25) is 5.91 Å². The fourth-order valence-corrected chi connectivity index (χ4v) is 2.17. The lowest BCUT2D eigenvalue weighted by Crippen LogP contribution is -2.27. The van der Waals surface area contributed by atoms with Gasteiger partial charge in [-0.25, -0.2) is 0 Å². The number of carbonyl (C=O) groups is 2. The topological polar surface area (TPSA) is 58.2 Å². The molecule has 0 bridgehead atoms. The Morgan fingerprint density at radius 1 is 0.913 bits per heavy atom. The van der Waals surface area contributed by atoms with Gasteiger partial charge < -0.3 is 10.6 Å². The van der Waals surface area contributed by atoms with Crippen molar-refractivity contribution in [1.29, 1.82) is 0 Å². The summed E-state index contributed by atoms with van der Waals surface area (Å²) < 4.78 is 0. The third-order valence-electron chi connectivity index (χ3n) is 3.31. The Balaban J connectivity index is 1.62. The predicted octanol–water partition coefficient (Wildman–Crippen LogP) is 3.17. The third-order valence-corrected chi connectivity index (χ3v) is 3.56. The van der Waals surface area contributed by atoms with Gasteiger partial charge in [0.25, 0.3) is 5.91 Å². The van der Waals surface area contributed by atoms with Gasteiger partial charge in [0.05, 0.1) is 0 Å². The van der Waals surface area contributed by atoms with Gasteiger partial charge in [0.1, 0.15) is 0 Å². The average Bonchev–Trinajstić information content (AvgIpc) is 2.58. The highest BCUT2D eigenvalue weighted by atomic mass is 35.5. The molecule has 0 fully saturated rings. The van der Waals surface area contributed by atoms with Crippen molar-refractivity contribution < 1.29 is 9.59 Å². The zero-order valence-electron chi connectivity index (χ0n) is 12.7. The molecule has 0 heterocycles. The molecule has 2 aromatic rings. The molecule has 0 unspecified atom stereocenters. The molecule has 4 nitrogen and oxygen atoms in total. The summed E-state index contributed by atoms with van der Waals surface area (Å²) in [4.78, 5) is 23.6. The molecule has 0 aliphatic rings. The molecule has 0 atom stereocenters. The fraction of sp³-hybridized carbons (Fsp3) is 0.222. The molecule has 0 radical (unpaired) electrons. The Morgan fingerprint density at radius 3 is 2.30 bits per heavy atom. The number of carbonyl (C=O) groups excluding carboxylic acids is 2. The van der Waals surface area contributed by atoms with Crippen LogP contribution in [0.1, 0.15) is 28.8 Å². The Labute approximate surface area is 140 Å². The molecule has 2 aromatic carbocycles. The Kier molecular flexibility index (Phi) is 6.63. The number of rotatable bonds is 7. The Bertz CT molecular complexity index is 642. The van der Waals surface area contributed by atoms with Crippen molar-refractivity contribution in [1.82, 2.24) is 10.6 Å². The SMILES string of the molecule is O=C(CCCNC(=O)c1ccc(Cl)cc1)NCc1ccccc1. The summed E-state index contributed by atoms with van der Waals surface area (Å²) in [5.41, 5.74) is 1.62. The van der Waals surface area contributed by atoms with E-state index in [2.05, 4.69) is 10.6 Å². The minimum absolute atomic E-state index is 0.0189. The van der Waals surface area contributed by atoms with Gasteiger partial charge in [-0.2, -0.15) is 0 Å². The summed E-state index contributed by atoms with van der Waals surface area (Å²) in [5, 5.41) is 6.24. The van der Waals surface area contributed by atoms with Gasteiger partial charge in [-0.1, -0.05) is 41.9 Å². The number of hydrogen-bond donors (Lipinski definition) is 2. The standard InChI is InChI=1S/C18H19ClN2O2/c19-16-10-8-15(9-11-16)18(23)20-12-4-7-17(22)21-13-14-5-2-1-3-6-14/h1-3,5-6,8-11H,4,7,12-13H2,(H,20,23)(H,21,22). The highest BCUT2D eigenvalue weighted by molar-refractivity contribution is 6.30. The maximum atomic E-state index is 11.9. The molecule has 120 valence electrons. The first kappa shape index (κ1) is 17.0. The maximum absolute atomic E-state index is 11.9. The zero-order valence-corrected chi connectivity index (χ0v) is 13.5. The molecule has 2 amide bonds. The molecule has 0 saturated carbocycles. The normalized spacial score (nSPS) is 10.1. The van der Waals surface area contributed by atoms with E-state index in [-0.39, 0.29) is 11.8 Å². The van der Waals surface area contributed by atoms with Crippen LogP contribution in [0.4, 0.5) is 0 Å². The van der Waals surface area contributed by atoms with E-state index in [1.807, 2.05) is 30.3 Å². The van der Waals surface area contributed by atoms with Gasteiger partial charge in [-0.05, 0) is 36.2 Å². The van der Waals surface area contributed by atoms with Crippen LogP contribution in [0.3, 0.4) is 0 Å². The predicted molar refractivity (Wildman–Crippen MR) is 91.3 cm³/mol. The van der Waals surface area contributed by atoms with Crippen molar-refractivity contribution in [3.63, 3.8) is 0 Å². The summed E-state index contributed by atoms with van der Waals surface area (Å²) in [6, 6.07) is 16.4. The molecule has 0 saturated heterocycles. The number of hydrogen-bond acceptors (Lipinski definition) is 2. The second kappa shape index (κ2) is 8.96. The lowest BCUT2D eigenvalue weighted by atomic mass is 10.2. The molecule has 5 heteroatoms. The second-order valence-electron chi connectivity index (χ2n) is 5.13. The van der Waals surface area contributed by atoms with Crippen LogP contribution in [-0.2, 0) is 11.3 Å².